The van der Waals surface area contributed by atoms with Crippen LogP contribution in [0.25, 0.3) is 0 Å². The Balaban J connectivity index is 1.56. The quantitative estimate of drug-likeness (QED) is 0.922. The van der Waals surface area contributed by atoms with Gasteiger partial charge in [0.1, 0.15) is 0 Å². The van der Waals surface area contributed by atoms with E-state index in [1.165, 1.54) is 11.3 Å². The largest absolute Gasteiger partial charge is 0.368 e. The molecule has 1 fully saturated rings. The molecule has 0 atom stereocenters. The summed E-state index contributed by atoms with van der Waals surface area (Å²) in [6.45, 7) is 5.14. The van der Waals surface area contributed by atoms with Crippen LogP contribution in [0.2, 0.25) is 0 Å². The fraction of sp³-hybridized carbons (Fsp3) is 0.312. The summed E-state index contributed by atoms with van der Waals surface area (Å²) >= 11 is 0. The van der Waals surface area contributed by atoms with E-state index in [0.29, 0.717) is 18.9 Å². The molecule has 114 valence electrons. The lowest BCUT2D eigenvalue weighted by molar-refractivity contribution is 0.208. The molecule has 1 aromatic carbocycles. The van der Waals surface area contributed by atoms with Gasteiger partial charge in [0.05, 0.1) is 6.20 Å². The molecular formula is C16H19N5O. The first kappa shape index (κ1) is 14.3. The van der Waals surface area contributed by atoms with Gasteiger partial charge in [0.25, 0.3) is 0 Å². The SMILES string of the molecule is Cc1cccc(N2CCN(C(=O)Nc3cnccn3)CC2)c1. The second-order valence-corrected chi connectivity index (χ2v) is 5.33. The molecule has 0 aliphatic carbocycles. The number of aryl methyl sites for hydroxylation is 1. The van der Waals surface area contributed by atoms with E-state index >= 15 is 0 Å². The first-order chi connectivity index (χ1) is 10.7. The molecule has 6 heteroatoms. The van der Waals surface area contributed by atoms with Crippen LogP contribution in [-0.2, 0) is 0 Å². The molecule has 2 aromatic rings. The van der Waals surface area contributed by atoms with Crippen molar-refractivity contribution in [3.8, 4) is 0 Å². The summed E-state index contributed by atoms with van der Waals surface area (Å²) in [5.74, 6) is 0.480. The van der Waals surface area contributed by atoms with Gasteiger partial charge in [0.2, 0.25) is 0 Å². The highest BCUT2D eigenvalue weighted by molar-refractivity contribution is 5.88. The van der Waals surface area contributed by atoms with E-state index < -0.39 is 0 Å². The maximum atomic E-state index is 12.2. The number of urea groups is 1. The second kappa shape index (κ2) is 6.43. The van der Waals surface area contributed by atoms with Gasteiger partial charge >= 0.3 is 6.03 Å². The van der Waals surface area contributed by atoms with Crippen LogP contribution in [-0.4, -0.2) is 47.1 Å². The van der Waals surface area contributed by atoms with Crippen molar-refractivity contribution in [3.05, 3.63) is 48.4 Å². The summed E-state index contributed by atoms with van der Waals surface area (Å²) in [7, 11) is 0. The highest BCUT2D eigenvalue weighted by Gasteiger charge is 2.21. The van der Waals surface area contributed by atoms with Gasteiger partial charge in [-0.05, 0) is 24.6 Å². The Morgan fingerprint density at radius 2 is 2.00 bits per heavy atom. The predicted molar refractivity (Wildman–Crippen MR) is 86.0 cm³/mol. The number of hydrogen-bond donors (Lipinski definition) is 1. The molecule has 1 N–H and O–H groups in total. The second-order valence-electron chi connectivity index (χ2n) is 5.33. The van der Waals surface area contributed by atoms with Crippen molar-refractivity contribution in [3.63, 3.8) is 0 Å². The molecule has 1 saturated heterocycles. The summed E-state index contributed by atoms with van der Waals surface area (Å²) in [5, 5.41) is 2.77. The molecule has 0 spiro atoms. The van der Waals surface area contributed by atoms with Crippen LogP contribution in [0, 0.1) is 6.92 Å². The fourth-order valence-electron chi connectivity index (χ4n) is 2.54. The number of hydrogen-bond acceptors (Lipinski definition) is 4. The maximum Gasteiger partial charge on any atom is 0.323 e. The van der Waals surface area contributed by atoms with E-state index in [4.69, 9.17) is 0 Å². The standard InChI is InChI=1S/C16H19N5O/c1-13-3-2-4-14(11-13)20-7-9-21(10-8-20)16(22)19-15-12-17-5-6-18-15/h2-6,11-12H,7-10H2,1H3,(H,18,19,22). The topological polar surface area (TPSA) is 61.4 Å². The smallest absolute Gasteiger partial charge is 0.323 e. The van der Waals surface area contributed by atoms with Crippen molar-refractivity contribution >= 4 is 17.5 Å². The van der Waals surface area contributed by atoms with Crippen LogP contribution >= 0.6 is 0 Å². The Morgan fingerprint density at radius 1 is 1.18 bits per heavy atom. The number of carbonyl (C=O) groups is 1. The lowest BCUT2D eigenvalue weighted by Crippen LogP contribution is -2.50. The highest BCUT2D eigenvalue weighted by Crippen LogP contribution is 2.18. The van der Waals surface area contributed by atoms with Crippen molar-refractivity contribution in [1.82, 2.24) is 14.9 Å². The average molecular weight is 297 g/mol. The zero-order valence-electron chi connectivity index (χ0n) is 12.6. The van der Waals surface area contributed by atoms with Crippen LogP contribution in [0.4, 0.5) is 16.3 Å². The van der Waals surface area contributed by atoms with Crippen LogP contribution in [0.1, 0.15) is 5.56 Å². The molecule has 2 amide bonds. The summed E-state index contributed by atoms with van der Waals surface area (Å²) in [6, 6.07) is 8.33. The van der Waals surface area contributed by atoms with E-state index in [0.717, 1.165) is 13.1 Å². The van der Waals surface area contributed by atoms with E-state index in [1.54, 1.807) is 23.5 Å². The third-order valence-corrected chi connectivity index (χ3v) is 3.73. The summed E-state index contributed by atoms with van der Waals surface area (Å²) < 4.78 is 0. The van der Waals surface area contributed by atoms with E-state index in [2.05, 4.69) is 51.4 Å². The summed E-state index contributed by atoms with van der Waals surface area (Å²) in [5.41, 5.74) is 2.47. The lowest BCUT2D eigenvalue weighted by atomic mass is 10.2. The zero-order chi connectivity index (χ0) is 15.4. The number of nitrogens with zero attached hydrogens (tertiary/aromatic N) is 4. The molecule has 0 unspecified atom stereocenters. The Hall–Kier alpha value is -2.63. The minimum Gasteiger partial charge on any atom is -0.368 e. The van der Waals surface area contributed by atoms with Crippen LogP contribution < -0.4 is 10.2 Å². The Labute approximate surface area is 129 Å². The third kappa shape index (κ3) is 3.33. The zero-order valence-corrected chi connectivity index (χ0v) is 12.6. The number of rotatable bonds is 2. The van der Waals surface area contributed by atoms with Crippen molar-refractivity contribution < 1.29 is 4.79 Å². The number of nitrogens with one attached hydrogen (secondary N) is 1. The van der Waals surface area contributed by atoms with Crippen molar-refractivity contribution in [2.24, 2.45) is 0 Å². The van der Waals surface area contributed by atoms with Crippen LogP contribution in [0.15, 0.2) is 42.9 Å². The fourth-order valence-corrected chi connectivity index (χ4v) is 2.54. The van der Waals surface area contributed by atoms with Gasteiger partial charge in [-0.3, -0.25) is 10.3 Å². The van der Waals surface area contributed by atoms with E-state index in [-0.39, 0.29) is 6.03 Å². The molecule has 1 aliphatic heterocycles. The molecular weight excluding hydrogens is 278 g/mol. The predicted octanol–water partition coefficient (Wildman–Crippen LogP) is 2.14. The third-order valence-electron chi connectivity index (χ3n) is 3.73. The van der Waals surface area contributed by atoms with Crippen LogP contribution in [0.3, 0.4) is 0 Å². The molecule has 0 bridgehead atoms. The van der Waals surface area contributed by atoms with Gasteiger partial charge in [-0.1, -0.05) is 12.1 Å². The van der Waals surface area contributed by atoms with Gasteiger partial charge < -0.3 is 9.80 Å². The number of anilines is 2. The Bertz CT molecular complexity index is 638. The highest BCUT2D eigenvalue weighted by atomic mass is 16.2. The average Bonchev–Trinajstić information content (AvgIpc) is 2.56. The molecule has 22 heavy (non-hydrogen) atoms. The molecule has 0 radical (unpaired) electrons. The molecule has 6 nitrogen and oxygen atoms in total. The Kier molecular flexibility index (Phi) is 4.18. The minimum atomic E-state index is -0.121. The van der Waals surface area contributed by atoms with Gasteiger partial charge in [-0.2, -0.15) is 0 Å². The molecule has 3 rings (SSSR count). The van der Waals surface area contributed by atoms with Crippen LogP contribution in [0.5, 0.6) is 0 Å². The normalized spacial score (nSPS) is 14.8. The van der Waals surface area contributed by atoms with Gasteiger partial charge in [0.15, 0.2) is 5.82 Å². The maximum absolute atomic E-state index is 12.2. The van der Waals surface area contributed by atoms with Crippen molar-refractivity contribution in [2.75, 3.05) is 36.4 Å². The monoisotopic (exact) mass is 297 g/mol. The minimum absolute atomic E-state index is 0.121. The van der Waals surface area contributed by atoms with Gasteiger partial charge in [0, 0.05) is 44.3 Å². The van der Waals surface area contributed by atoms with Crippen molar-refractivity contribution in [1.29, 1.82) is 0 Å². The Morgan fingerprint density at radius 3 is 2.68 bits per heavy atom. The summed E-state index contributed by atoms with van der Waals surface area (Å²) in [4.78, 5) is 24.3. The van der Waals surface area contributed by atoms with E-state index in [1.807, 2.05) is 0 Å². The van der Waals surface area contributed by atoms with Crippen molar-refractivity contribution in [2.45, 2.75) is 6.92 Å². The number of amides is 2. The molecule has 2 heterocycles. The number of benzene rings is 1. The molecule has 0 saturated carbocycles. The first-order valence-electron chi connectivity index (χ1n) is 7.36. The van der Waals surface area contributed by atoms with Gasteiger partial charge in [-0.15, -0.1) is 0 Å². The molecule has 1 aliphatic rings. The lowest BCUT2D eigenvalue weighted by Gasteiger charge is -2.36. The number of aromatic nitrogens is 2. The van der Waals surface area contributed by atoms with Gasteiger partial charge in [-0.25, -0.2) is 9.78 Å². The van der Waals surface area contributed by atoms with E-state index in [9.17, 15) is 4.79 Å². The first-order valence-corrected chi connectivity index (χ1v) is 7.36. The summed E-state index contributed by atoms with van der Waals surface area (Å²) in [6.07, 6.45) is 4.68. The number of carbonyl (C=O) groups excluding carboxylic acids is 1. The number of piperazine rings is 1. The molecule has 1 aromatic heterocycles.